The summed E-state index contributed by atoms with van der Waals surface area (Å²) in [6.07, 6.45) is 1.85. The summed E-state index contributed by atoms with van der Waals surface area (Å²) in [5, 5.41) is 7.63. The quantitative estimate of drug-likeness (QED) is 0.915. The molecule has 1 aromatic rings. The lowest BCUT2D eigenvalue weighted by Crippen LogP contribution is -2.28. The van der Waals surface area contributed by atoms with Crippen LogP contribution in [0.4, 0.5) is 0 Å². The Balaban J connectivity index is 3.02. The molecule has 4 heteroatoms. The van der Waals surface area contributed by atoms with Gasteiger partial charge < -0.3 is 5.32 Å². The Morgan fingerprint density at radius 3 is 2.33 bits per heavy atom. The van der Waals surface area contributed by atoms with Gasteiger partial charge in [-0.1, -0.05) is 20.8 Å². The molecule has 15 heavy (non-hydrogen) atoms. The van der Waals surface area contributed by atoms with Gasteiger partial charge in [-0.05, 0) is 34.8 Å². The summed E-state index contributed by atoms with van der Waals surface area (Å²) in [6.45, 7) is 6.77. The van der Waals surface area contributed by atoms with E-state index in [1.165, 1.54) is 5.69 Å². The van der Waals surface area contributed by atoms with Crippen LogP contribution in [-0.2, 0) is 7.05 Å². The van der Waals surface area contributed by atoms with Gasteiger partial charge >= 0.3 is 0 Å². The van der Waals surface area contributed by atoms with E-state index < -0.39 is 0 Å². The van der Waals surface area contributed by atoms with Gasteiger partial charge in [0.1, 0.15) is 0 Å². The molecule has 0 bridgehead atoms. The third-order valence-electron chi connectivity index (χ3n) is 3.12. The molecule has 0 fully saturated rings. The zero-order valence-electron chi connectivity index (χ0n) is 10.1. The predicted molar refractivity (Wildman–Crippen MR) is 66.7 cm³/mol. The predicted octanol–water partition coefficient (Wildman–Crippen LogP) is 2.74. The Bertz CT molecular complexity index is 300. The van der Waals surface area contributed by atoms with Crippen molar-refractivity contribution >= 4 is 15.9 Å². The van der Waals surface area contributed by atoms with E-state index in [1.807, 2.05) is 25.0 Å². The van der Waals surface area contributed by atoms with Crippen molar-refractivity contribution < 1.29 is 0 Å². The molecular weight excluding hydrogens is 254 g/mol. The monoisotopic (exact) mass is 273 g/mol. The first-order chi connectivity index (χ1) is 6.99. The molecule has 0 aliphatic rings. The average Bonchev–Trinajstić information content (AvgIpc) is 2.50. The summed E-state index contributed by atoms with van der Waals surface area (Å²) < 4.78 is 3.02. The summed E-state index contributed by atoms with van der Waals surface area (Å²) in [4.78, 5) is 0. The van der Waals surface area contributed by atoms with Crippen molar-refractivity contribution in [3.8, 4) is 0 Å². The molecule has 1 aromatic heterocycles. The molecular formula is C11H20BrN3. The Hall–Kier alpha value is -0.350. The average molecular weight is 274 g/mol. The van der Waals surface area contributed by atoms with Gasteiger partial charge in [0.25, 0.3) is 0 Å². The second-order valence-electron chi connectivity index (χ2n) is 4.37. The first-order valence-electron chi connectivity index (χ1n) is 5.33. The normalized spacial score (nSPS) is 15.7. The van der Waals surface area contributed by atoms with Gasteiger partial charge in [0.05, 0.1) is 22.4 Å². The second-order valence-corrected chi connectivity index (χ2v) is 5.23. The number of hydrogen-bond donors (Lipinski definition) is 1. The number of nitrogens with zero attached hydrogens (tertiary/aromatic N) is 2. The van der Waals surface area contributed by atoms with Crippen molar-refractivity contribution in [3.63, 3.8) is 0 Å². The fourth-order valence-corrected chi connectivity index (χ4v) is 2.40. The summed E-state index contributed by atoms with van der Waals surface area (Å²) in [5.74, 6) is 1.21. The van der Waals surface area contributed by atoms with Gasteiger partial charge in [-0.25, -0.2) is 0 Å². The second kappa shape index (κ2) is 5.12. The van der Waals surface area contributed by atoms with Crippen LogP contribution in [0.5, 0.6) is 0 Å². The molecule has 2 unspecified atom stereocenters. The third-order valence-corrected chi connectivity index (χ3v) is 3.73. The number of halogens is 1. The molecule has 0 aromatic carbocycles. The Labute approximate surface area is 100 Å². The van der Waals surface area contributed by atoms with Crippen LogP contribution in [0.1, 0.15) is 32.5 Å². The van der Waals surface area contributed by atoms with Gasteiger partial charge in [-0.2, -0.15) is 5.10 Å². The molecule has 2 atom stereocenters. The van der Waals surface area contributed by atoms with Crippen LogP contribution < -0.4 is 5.32 Å². The Morgan fingerprint density at radius 1 is 1.40 bits per heavy atom. The third kappa shape index (κ3) is 2.61. The molecule has 86 valence electrons. The highest BCUT2D eigenvalue weighted by Crippen LogP contribution is 2.31. The van der Waals surface area contributed by atoms with E-state index in [9.17, 15) is 0 Å². The zero-order chi connectivity index (χ0) is 11.6. The number of aryl methyl sites for hydroxylation is 1. The van der Waals surface area contributed by atoms with Gasteiger partial charge in [0.15, 0.2) is 0 Å². The maximum Gasteiger partial charge on any atom is 0.0695 e. The minimum atomic E-state index is 0.340. The molecule has 0 saturated heterocycles. The Morgan fingerprint density at radius 2 is 2.00 bits per heavy atom. The lowest BCUT2D eigenvalue weighted by atomic mass is 9.88. The first kappa shape index (κ1) is 12.7. The van der Waals surface area contributed by atoms with Crippen LogP contribution >= 0.6 is 15.9 Å². The topological polar surface area (TPSA) is 29.9 Å². The van der Waals surface area contributed by atoms with Gasteiger partial charge in [-0.15, -0.1) is 0 Å². The summed E-state index contributed by atoms with van der Waals surface area (Å²) >= 11 is 3.55. The SMILES string of the molecule is CNC(c1c(Br)cnn1C)C(C)C(C)C. The van der Waals surface area contributed by atoms with Gasteiger partial charge in [0, 0.05) is 7.05 Å². The maximum absolute atomic E-state index is 4.26. The fraction of sp³-hybridized carbons (Fsp3) is 0.727. The molecule has 0 saturated carbocycles. The van der Waals surface area contributed by atoms with E-state index in [4.69, 9.17) is 0 Å². The molecule has 3 nitrogen and oxygen atoms in total. The van der Waals surface area contributed by atoms with E-state index in [0.29, 0.717) is 17.9 Å². The molecule has 1 N–H and O–H groups in total. The smallest absolute Gasteiger partial charge is 0.0695 e. The number of hydrogen-bond acceptors (Lipinski definition) is 2. The molecule has 0 aliphatic heterocycles. The van der Waals surface area contributed by atoms with Crippen molar-refractivity contribution in [2.45, 2.75) is 26.8 Å². The zero-order valence-corrected chi connectivity index (χ0v) is 11.7. The lowest BCUT2D eigenvalue weighted by molar-refractivity contribution is 0.304. The van der Waals surface area contributed by atoms with Crippen molar-refractivity contribution in [2.24, 2.45) is 18.9 Å². The molecule has 0 radical (unpaired) electrons. The molecule has 0 amide bonds. The minimum absolute atomic E-state index is 0.340. The highest BCUT2D eigenvalue weighted by Gasteiger charge is 2.25. The van der Waals surface area contributed by atoms with Crippen LogP contribution in [0.25, 0.3) is 0 Å². The van der Waals surface area contributed by atoms with Crippen LogP contribution in [-0.4, -0.2) is 16.8 Å². The highest BCUT2D eigenvalue weighted by molar-refractivity contribution is 9.10. The number of aromatic nitrogens is 2. The molecule has 1 heterocycles. The van der Waals surface area contributed by atoms with Crippen molar-refractivity contribution in [1.82, 2.24) is 15.1 Å². The minimum Gasteiger partial charge on any atom is -0.311 e. The summed E-state index contributed by atoms with van der Waals surface area (Å²) in [6, 6.07) is 0.340. The van der Waals surface area contributed by atoms with E-state index in [0.717, 1.165) is 4.47 Å². The van der Waals surface area contributed by atoms with E-state index >= 15 is 0 Å². The number of nitrogens with one attached hydrogen (secondary N) is 1. The van der Waals surface area contributed by atoms with Gasteiger partial charge in [0.2, 0.25) is 0 Å². The lowest BCUT2D eigenvalue weighted by Gasteiger charge is -2.27. The number of rotatable bonds is 4. The van der Waals surface area contributed by atoms with Crippen molar-refractivity contribution in [3.05, 3.63) is 16.4 Å². The molecule has 0 aliphatic carbocycles. The molecule has 1 rings (SSSR count). The first-order valence-corrected chi connectivity index (χ1v) is 6.13. The standard InChI is InChI=1S/C11H20BrN3/c1-7(2)8(3)10(13-4)11-9(12)6-14-15(11)5/h6-8,10,13H,1-5H3. The highest BCUT2D eigenvalue weighted by atomic mass is 79.9. The van der Waals surface area contributed by atoms with E-state index in [-0.39, 0.29) is 0 Å². The van der Waals surface area contributed by atoms with Crippen LogP contribution in [0.15, 0.2) is 10.7 Å². The Kier molecular flexibility index (Phi) is 4.34. The maximum atomic E-state index is 4.26. The van der Waals surface area contributed by atoms with E-state index in [1.54, 1.807) is 0 Å². The van der Waals surface area contributed by atoms with Crippen LogP contribution in [0, 0.1) is 11.8 Å². The van der Waals surface area contributed by atoms with Crippen LogP contribution in [0.2, 0.25) is 0 Å². The van der Waals surface area contributed by atoms with E-state index in [2.05, 4.69) is 47.1 Å². The summed E-state index contributed by atoms with van der Waals surface area (Å²) in [7, 11) is 3.99. The fourth-order valence-electron chi connectivity index (χ4n) is 1.80. The summed E-state index contributed by atoms with van der Waals surface area (Å²) in [5.41, 5.74) is 1.22. The van der Waals surface area contributed by atoms with Crippen LogP contribution in [0.3, 0.4) is 0 Å². The van der Waals surface area contributed by atoms with Gasteiger partial charge in [-0.3, -0.25) is 4.68 Å². The van der Waals surface area contributed by atoms with Crippen molar-refractivity contribution in [1.29, 1.82) is 0 Å². The molecule has 0 spiro atoms. The van der Waals surface area contributed by atoms with Crippen molar-refractivity contribution in [2.75, 3.05) is 7.05 Å². The largest absolute Gasteiger partial charge is 0.311 e.